The number of aliphatic hydroxyl groups is 1. The number of rotatable bonds is 4. The van der Waals surface area contributed by atoms with Gasteiger partial charge in [0.2, 0.25) is 0 Å². The first-order valence-corrected chi connectivity index (χ1v) is 6.77. The molecule has 0 saturated carbocycles. The van der Waals surface area contributed by atoms with Crippen LogP contribution in [0.15, 0.2) is 24.4 Å². The number of nitrogens with zero attached hydrogens (tertiary/aromatic N) is 3. The molecule has 0 aromatic carbocycles. The van der Waals surface area contributed by atoms with Crippen LogP contribution < -0.4 is 10.6 Å². The van der Waals surface area contributed by atoms with Gasteiger partial charge in [-0.05, 0) is 12.1 Å². The van der Waals surface area contributed by atoms with Crippen LogP contribution in [0.4, 0.5) is 0 Å². The van der Waals surface area contributed by atoms with E-state index in [0.717, 1.165) is 18.0 Å². The van der Waals surface area contributed by atoms with Crippen LogP contribution in [0, 0.1) is 0 Å². The zero-order chi connectivity index (χ0) is 13.8. The normalized spacial score (nSPS) is 23.9. The molecule has 0 bridgehead atoms. The maximum atomic E-state index is 10.4. The van der Waals surface area contributed by atoms with E-state index in [1.165, 1.54) is 0 Å². The fraction of sp³-hybridized carbons (Fsp3) is 0.538. The van der Waals surface area contributed by atoms with E-state index in [1.54, 1.807) is 0 Å². The third-order valence-electron chi connectivity index (χ3n) is 3.37. The molecule has 1 saturated heterocycles. The highest BCUT2D eigenvalue weighted by atomic mass is 16.5. The molecule has 1 atom stereocenters. The molecule has 7 nitrogen and oxygen atoms in total. The van der Waals surface area contributed by atoms with Gasteiger partial charge >= 0.3 is 0 Å². The van der Waals surface area contributed by atoms with Gasteiger partial charge in [-0.25, -0.2) is 0 Å². The van der Waals surface area contributed by atoms with Crippen LogP contribution in [0.2, 0.25) is 0 Å². The second kappa shape index (κ2) is 5.84. The molecular formula is C13H19N5O2. The molecule has 108 valence electrons. The summed E-state index contributed by atoms with van der Waals surface area (Å²) < 4.78 is 7.31. The molecule has 0 unspecified atom stereocenters. The number of pyridine rings is 1. The van der Waals surface area contributed by atoms with E-state index in [9.17, 15) is 5.11 Å². The first-order chi connectivity index (χ1) is 9.77. The van der Waals surface area contributed by atoms with Gasteiger partial charge in [-0.2, -0.15) is 0 Å². The van der Waals surface area contributed by atoms with Crippen molar-refractivity contribution in [2.45, 2.75) is 12.1 Å². The summed E-state index contributed by atoms with van der Waals surface area (Å²) in [5.74, 6) is 0.826. The highest BCUT2D eigenvalue weighted by Crippen LogP contribution is 2.07. The van der Waals surface area contributed by atoms with Crippen LogP contribution in [0.1, 0.15) is 5.82 Å². The Morgan fingerprint density at radius 2 is 2.40 bits per heavy atom. The summed E-state index contributed by atoms with van der Waals surface area (Å²) in [6, 6.07) is 5.78. The van der Waals surface area contributed by atoms with E-state index in [1.807, 2.05) is 28.8 Å². The number of hydrogen-bond acceptors (Lipinski definition) is 6. The standard InChI is InChI=1S/C13H19N5O2/c19-13(8-14-4-6-20-10-13)9-15-7-12-17-16-11-3-1-2-5-18(11)12/h1-3,5,14-15,19H,4,6-10H2/t13-/m0/s1. The lowest BCUT2D eigenvalue weighted by atomic mass is 10.1. The molecule has 20 heavy (non-hydrogen) atoms. The number of aromatic nitrogens is 3. The van der Waals surface area contributed by atoms with Crippen molar-refractivity contribution in [1.29, 1.82) is 0 Å². The highest BCUT2D eigenvalue weighted by molar-refractivity contribution is 5.36. The number of nitrogens with one attached hydrogen (secondary N) is 2. The van der Waals surface area contributed by atoms with E-state index in [2.05, 4.69) is 20.8 Å². The number of ether oxygens (including phenoxy) is 1. The highest BCUT2D eigenvalue weighted by Gasteiger charge is 2.28. The summed E-state index contributed by atoms with van der Waals surface area (Å²) in [6.07, 6.45) is 1.93. The number of hydrogen-bond donors (Lipinski definition) is 3. The molecule has 0 radical (unpaired) electrons. The Labute approximate surface area is 117 Å². The summed E-state index contributed by atoms with van der Waals surface area (Å²) in [5.41, 5.74) is -0.0562. The maximum absolute atomic E-state index is 10.4. The lowest BCUT2D eigenvalue weighted by molar-refractivity contribution is -0.0265. The predicted molar refractivity (Wildman–Crippen MR) is 73.3 cm³/mol. The summed E-state index contributed by atoms with van der Waals surface area (Å²) in [5, 5.41) is 25.0. The van der Waals surface area contributed by atoms with E-state index in [4.69, 9.17) is 4.74 Å². The van der Waals surface area contributed by atoms with Gasteiger partial charge in [0.1, 0.15) is 5.60 Å². The third kappa shape index (κ3) is 2.96. The van der Waals surface area contributed by atoms with Crippen molar-refractivity contribution in [3.63, 3.8) is 0 Å². The molecule has 0 aliphatic carbocycles. The molecule has 3 rings (SSSR count). The van der Waals surface area contributed by atoms with E-state index in [-0.39, 0.29) is 0 Å². The van der Waals surface area contributed by atoms with Crippen LogP contribution >= 0.6 is 0 Å². The summed E-state index contributed by atoms with van der Waals surface area (Å²) in [4.78, 5) is 0. The summed E-state index contributed by atoms with van der Waals surface area (Å²) in [6.45, 7) is 3.28. The van der Waals surface area contributed by atoms with Crippen LogP contribution in [0.25, 0.3) is 5.65 Å². The van der Waals surface area contributed by atoms with E-state index >= 15 is 0 Å². The zero-order valence-corrected chi connectivity index (χ0v) is 11.2. The molecule has 2 aromatic heterocycles. The minimum absolute atomic E-state index is 0.341. The largest absolute Gasteiger partial charge is 0.385 e. The van der Waals surface area contributed by atoms with Crippen molar-refractivity contribution in [1.82, 2.24) is 25.2 Å². The van der Waals surface area contributed by atoms with Gasteiger partial charge in [0.15, 0.2) is 11.5 Å². The molecule has 1 fully saturated rings. The molecule has 3 heterocycles. The third-order valence-corrected chi connectivity index (χ3v) is 3.37. The molecule has 0 spiro atoms. The van der Waals surface area contributed by atoms with Crippen LogP contribution in [0.5, 0.6) is 0 Å². The SMILES string of the molecule is O[C@]1(CNCc2nnc3ccccn23)CNCCOC1. The number of fused-ring (bicyclic) bond motifs is 1. The first kappa shape index (κ1) is 13.4. The molecule has 0 amide bonds. The minimum Gasteiger partial charge on any atom is -0.385 e. The average molecular weight is 277 g/mol. The molecule has 7 heteroatoms. The monoisotopic (exact) mass is 277 g/mol. The Balaban J connectivity index is 1.59. The molecule has 3 N–H and O–H groups in total. The van der Waals surface area contributed by atoms with Gasteiger partial charge in [-0.3, -0.25) is 4.40 Å². The first-order valence-electron chi connectivity index (χ1n) is 6.77. The van der Waals surface area contributed by atoms with Gasteiger partial charge in [0, 0.05) is 25.8 Å². The molecule has 2 aromatic rings. The van der Waals surface area contributed by atoms with Crippen molar-refractivity contribution >= 4 is 5.65 Å². The lowest BCUT2D eigenvalue weighted by Gasteiger charge is -2.25. The van der Waals surface area contributed by atoms with E-state index in [0.29, 0.717) is 32.8 Å². The quantitative estimate of drug-likeness (QED) is 0.676. The van der Waals surface area contributed by atoms with Crippen LogP contribution in [0.3, 0.4) is 0 Å². The van der Waals surface area contributed by atoms with Crippen molar-refractivity contribution < 1.29 is 9.84 Å². The second-order valence-corrected chi connectivity index (χ2v) is 5.10. The summed E-state index contributed by atoms with van der Waals surface area (Å²) in [7, 11) is 0. The Morgan fingerprint density at radius 3 is 3.35 bits per heavy atom. The molecule has 1 aliphatic rings. The number of β-amino-alcohol motifs (C(OH)–C–C–N with tert-alkyl or cyclic N) is 1. The van der Waals surface area contributed by atoms with Crippen LogP contribution in [-0.4, -0.2) is 58.2 Å². The van der Waals surface area contributed by atoms with Gasteiger partial charge in [0.25, 0.3) is 0 Å². The Bertz CT molecular complexity index is 563. The fourth-order valence-electron chi connectivity index (χ4n) is 2.31. The lowest BCUT2D eigenvalue weighted by Crippen LogP contribution is -2.50. The Kier molecular flexibility index (Phi) is 3.93. The molecular weight excluding hydrogens is 258 g/mol. The zero-order valence-electron chi connectivity index (χ0n) is 11.2. The Morgan fingerprint density at radius 1 is 1.45 bits per heavy atom. The van der Waals surface area contributed by atoms with Gasteiger partial charge in [-0.1, -0.05) is 6.07 Å². The minimum atomic E-state index is -0.878. The smallest absolute Gasteiger partial charge is 0.160 e. The maximum Gasteiger partial charge on any atom is 0.160 e. The van der Waals surface area contributed by atoms with Gasteiger partial charge < -0.3 is 20.5 Å². The molecule has 1 aliphatic heterocycles. The van der Waals surface area contributed by atoms with Crippen molar-refractivity contribution in [3.8, 4) is 0 Å². The van der Waals surface area contributed by atoms with Gasteiger partial charge in [-0.15, -0.1) is 10.2 Å². The van der Waals surface area contributed by atoms with Crippen molar-refractivity contribution in [2.24, 2.45) is 0 Å². The van der Waals surface area contributed by atoms with Gasteiger partial charge in [0.05, 0.1) is 19.8 Å². The van der Waals surface area contributed by atoms with E-state index < -0.39 is 5.60 Å². The summed E-state index contributed by atoms with van der Waals surface area (Å²) >= 11 is 0. The van der Waals surface area contributed by atoms with Crippen molar-refractivity contribution in [3.05, 3.63) is 30.2 Å². The Hall–Kier alpha value is -1.54. The average Bonchev–Trinajstić information content (AvgIpc) is 2.74. The van der Waals surface area contributed by atoms with Crippen molar-refractivity contribution in [2.75, 3.05) is 32.8 Å². The fourth-order valence-corrected chi connectivity index (χ4v) is 2.31. The topological polar surface area (TPSA) is 83.7 Å². The predicted octanol–water partition coefficient (Wildman–Crippen LogP) is -0.830. The van der Waals surface area contributed by atoms with Crippen LogP contribution in [-0.2, 0) is 11.3 Å². The second-order valence-electron chi connectivity index (χ2n) is 5.10.